The van der Waals surface area contributed by atoms with Crippen LogP contribution in [0.15, 0.2) is 30.3 Å². The van der Waals surface area contributed by atoms with Gasteiger partial charge >= 0.3 is 0 Å². The lowest BCUT2D eigenvalue weighted by atomic mass is 10.2. The molecule has 1 amide bonds. The molecule has 23 heavy (non-hydrogen) atoms. The van der Waals surface area contributed by atoms with Crippen LogP contribution >= 0.6 is 0 Å². The number of hydroxylamine groups is 2. The molecular weight excluding hydrogens is 290 g/mol. The van der Waals surface area contributed by atoms with E-state index in [4.69, 9.17) is 4.84 Å². The lowest BCUT2D eigenvalue weighted by Crippen LogP contribution is -2.36. The smallest absolute Gasteiger partial charge is 0.224 e. The van der Waals surface area contributed by atoms with Crippen molar-refractivity contribution >= 4 is 16.8 Å². The average Bonchev–Trinajstić information content (AvgIpc) is 3.03. The Kier molecular flexibility index (Phi) is 4.98. The predicted octanol–water partition coefficient (Wildman–Crippen LogP) is 3.10. The molecule has 1 saturated heterocycles. The number of nitrogens with zero attached hydrogens (tertiary/aromatic N) is 2. The van der Waals surface area contributed by atoms with Gasteiger partial charge in [0.15, 0.2) is 0 Å². The van der Waals surface area contributed by atoms with E-state index >= 15 is 0 Å². The molecule has 5 heteroatoms. The fourth-order valence-corrected chi connectivity index (χ4v) is 2.97. The van der Waals surface area contributed by atoms with Crippen LogP contribution in [0.4, 0.5) is 0 Å². The van der Waals surface area contributed by atoms with Gasteiger partial charge in [-0.1, -0.05) is 18.2 Å². The van der Waals surface area contributed by atoms with Gasteiger partial charge in [-0.25, -0.2) is 0 Å². The molecule has 0 unspecified atom stereocenters. The third-order valence-corrected chi connectivity index (χ3v) is 4.63. The first-order chi connectivity index (χ1) is 11.1. The quantitative estimate of drug-likeness (QED) is 0.922. The van der Waals surface area contributed by atoms with Crippen molar-refractivity contribution in [3.8, 4) is 0 Å². The molecule has 1 aromatic heterocycles. The van der Waals surface area contributed by atoms with E-state index in [-0.39, 0.29) is 11.9 Å². The maximum Gasteiger partial charge on any atom is 0.224 e. The highest BCUT2D eigenvalue weighted by atomic mass is 16.7. The average molecular weight is 315 g/mol. The predicted molar refractivity (Wildman–Crippen MR) is 90.9 cm³/mol. The summed E-state index contributed by atoms with van der Waals surface area (Å²) < 4.78 is 0. The van der Waals surface area contributed by atoms with Crippen LogP contribution in [0, 0.1) is 0 Å². The Morgan fingerprint density at radius 1 is 1.39 bits per heavy atom. The number of aromatic amines is 1. The van der Waals surface area contributed by atoms with Crippen molar-refractivity contribution in [1.82, 2.24) is 14.9 Å². The lowest BCUT2D eigenvalue weighted by Gasteiger charge is -2.28. The minimum Gasteiger partial charge on any atom is -0.357 e. The molecule has 1 fully saturated rings. The molecule has 0 saturated carbocycles. The van der Waals surface area contributed by atoms with Crippen molar-refractivity contribution in [2.24, 2.45) is 0 Å². The SMILES string of the molecule is C[C@@H](c1cc2ccccc2[nH]1)N(C)C(=O)CCN1CCCCO1. The molecule has 2 aromatic rings. The Morgan fingerprint density at radius 2 is 2.22 bits per heavy atom. The molecule has 1 aliphatic heterocycles. The van der Waals surface area contributed by atoms with E-state index in [1.165, 1.54) is 5.39 Å². The fraction of sp³-hybridized carbons (Fsp3) is 0.500. The van der Waals surface area contributed by atoms with Crippen molar-refractivity contribution in [3.63, 3.8) is 0 Å². The molecule has 124 valence electrons. The molecule has 5 nitrogen and oxygen atoms in total. The van der Waals surface area contributed by atoms with Crippen LogP contribution in [0.3, 0.4) is 0 Å². The molecule has 3 rings (SSSR count). The summed E-state index contributed by atoms with van der Waals surface area (Å²) in [5.41, 5.74) is 2.17. The topological polar surface area (TPSA) is 48.6 Å². The molecule has 1 atom stereocenters. The highest BCUT2D eigenvalue weighted by molar-refractivity contribution is 5.81. The summed E-state index contributed by atoms with van der Waals surface area (Å²) in [4.78, 5) is 23.2. The van der Waals surface area contributed by atoms with E-state index < -0.39 is 0 Å². The molecule has 1 aliphatic rings. The number of amides is 1. The van der Waals surface area contributed by atoms with Gasteiger partial charge in [0.1, 0.15) is 0 Å². The third kappa shape index (κ3) is 3.74. The Labute approximate surface area is 137 Å². The molecule has 0 aliphatic carbocycles. The number of fused-ring (bicyclic) bond motifs is 1. The largest absolute Gasteiger partial charge is 0.357 e. The zero-order chi connectivity index (χ0) is 16.2. The van der Waals surface area contributed by atoms with Crippen LogP contribution in [-0.4, -0.2) is 47.6 Å². The number of hydrogen-bond acceptors (Lipinski definition) is 3. The van der Waals surface area contributed by atoms with Crippen molar-refractivity contribution in [2.45, 2.75) is 32.2 Å². The minimum absolute atomic E-state index is 0.0252. The second-order valence-corrected chi connectivity index (χ2v) is 6.21. The molecule has 0 bridgehead atoms. The zero-order valence-electron chi connectivity index (χ0n) is 13.9. The van der Waals surface area contributed by atoms with Crippen LogP contribution in [0.2, 0.25) is 0 Å². The summed E-state index contributed by atoms with van der Waals surface area (Å²) in [7, 11) is 1.87. The van der Waals surface area contributed by atoms with E-state index in [2.05, 4.69) is 30.1 Å². The van der Waals surface area contributed by atoms with Gasteiger partial charge in [-0.15, -0.1) is 0 Å². The standard InChI is InChI=1S/C18H25N3O2/c1-14(17-13-15-7-3-4-8-16(15)19-17)20(2)18(22)9-11-21-10-5-6-12-23-21/h3-4,7-8,13-14,19H,5-6,9-12H2,1-2H3/t14-/m0/s1. The number of aromatic nitrogens is 1. The molecule has 0 radical (unpaired) electrons. The fourth-order valence-electron chi connectivity index (χ4n) is 2.97. The van der Waals surface area contributed by atoms with Crippen molar-refractivity contribution in [1.29, 1.82) is 0 Å². The summed E-state index contributed by atoms with van der Waals surface area (Å²) in [5, 5.41) is 3.10. The van der Waals surface area contributed by atoms with Crippen LogP contribution in [0.25, 0.3) is 10.9 Å². The Hall–Kier alpha value is -1.85. The number of hydrogen-bond donors (Lipinski definition) is 1. The number of carbonyl (C=O) groups is 1. The molecule has 1 aromatic carbocycles. The van der Waals surface area contributed by atoms with Gasteiger partial charge in [0.2, 0.25) is 5.91 Å². The lowest BCUT2D eigenvalue weighted by molar-refractivity contribution is -0.182. The monoisotopic (exact) mass is 315 g/mol. The highest BCUT2D eigenvalue weighted by Crippen LogP contribution is 2.23. The van der Waals surface area contributed by atoms with Gasteiger partial charge in [-0.2, -0.15) is 5.06 Å². The van der Waals surface area contributed by atoms with Gasteiger partial charge in [0.05, 0.1) is 12.6 Å². The number of carbonyl (C=O) groups excluding carboxylic acids is 1. The number of rotatable bonds is 5. The summed E-state index contributed by atoms with van der Waals surface area (Å²) in [6.07, 6.45) is 2.75. The highest BCUT2D eigenvalue weighted by Gasteiger charge is 2.20. The summed E-state index contributed by atoms with van der Waals surface area (Å²) in [6.45, 7) is 4.42. The zero-order valence-corrected chi connectivity index (χ0v) is 13.9. The van der Waals surface area contributed by atoms with E-state index in [9.17, 15) is 4.79 Å². The second-order valence-electron chi connectivity index (χ2n) is 6.21. The van der Waals surface area contributed by atoms with Crippen molar-refractivity contribution in [2.75, 3.05) is 26.7 Å². The molecule has 1 N–H and O–H groups in total. The maximum absolute atomic E-state index is 12.4. The number of H-pyrrole nitrogens is 1. The summed E-state index contributed by atoms with van der Waals surface area (Å²) in [6, 6.07) is 10.3. The van der Waals surface area contributed by atoms with Gasteiger partial charge in [-0.05, 0) is 37.3 Å². The minimum atomic E-state index is 0.0252. The van der Waals surface area contributed by atoms with E-state index in [0.717, 1.165) is 37.2 Å². The Bertz CT molecular complexity index is 628. The number of benzene rings is 1. The second kappa shape index (κ2) is 7.15. The Morgan fingerprint density at radius 3 is 2.96 bits per heavy atom. The Balaban J connectivity index is 1.59. The van der Waals surface area contributed by atoms with Gasteiger partial charge in [0.25, 0.3) is 0 Å². The molecule has 0 spiro atoms. The van der Waals surface area contributed by atoms with Gasteiger partial charge in [0, 0.05) is 37.8 Å². The summed E-state index contributed by atoms with van der Waals surface area (Å²) >= 11 is 0. The molecule has 2 heterocycles. The van der Waals surface area contributed by atoms with Crippen LogP contribution in [0.1, 0.15) is 37.9 Å². The molecular formula is C18H25N3O2. The van der Waals surface area contributed by atoms with Crippen LogP contribution < -0.4 is 0 Å². The van der Waals surface area contributed by atoms with Gasteiger partial charge < -0.3 is 9.88 Å². The van der Waals surface area contributed by atoms with E-state index in [1.807, 2.05) is 29.1 Å². The number of nitrogens with one attached hydrogen (secondary N) is 1. The van der Waals surface area contributed by atoms with Gasteiger partial charge in [-0.3, -0.25) is 9.63 Å². The van der Waals surface area contributed by atoms with Crippen LogP contribution in [-0.2, 0) is 9.63 Å². The van der Waals surface area contributed by atoms with Crippen molar-refractivity contribution in [3.05, 3.63) is 36.0 Å². The van der Waals surface area contributed by atoms with Crippen molar-refractivity contribution < 1.29 is 9.63 Å². The first-order valence-electron chi connectivity index (χ1n) is 8.36. The summed E-state index contributed by atoms with van der Waals surface area (Å²) in [5.74, 6) is 0.144. The number of para-hydroxylation sites is 1. The van der Waals surface area contributed by atoms with E-state index in [1.54, 1.807) is 0 Å². The van der Waals surface area contributed by atoms with E-state index in [0.29, 0.717) is 13.0 Å². The third-order valence-electron chi connectivity index (χ3n) is 4.63. The van der Waals surface area contributed by atoms with Crippen LogP contribution in [0.5, 0.6) is 0 Å². The first kappa shape index (κ1) is 16.0. The first-order valence-corrected chi connectivity index (χ1v) is 8.36. The normalized spacial score (nSPS) is 17.3. The maximum atomic E-state index is 12.4.